The minimum Gasteiger partial charge on any atom is -0.383 e. The van der Waals surface area contributed by atoms with Gasteiger partial charge in [0, 0.05) is 38.3 Å². The number of likely N-dealkylation sites (N-methyl/N-ethyl adjacent to an activating group) is 1. The maximum atomic E-state index is 13.8. The molecular weight excluding hydrogens is 387 g/mol. The maximum absolute atomic E-state index is 13.8. The predicted octanol–water partition coefficient (Wildman–Crippen LogP) is 2.65. The van der Waals surface area contributed by atoms with Crippen LogP contribution in [0.1, 0.15) is 18.4 Å². The summed E-state index contributed by atoms with van der Waals surface area (Å²) in [5.74, 6) is 0.630. The Morgan fingerprint density at radius 2 is 1.96 bits per heavy atom. The fourth-order valence-corrected chi connectivity index (χ4v) is 2.68. The quantitative estimate of drug-likeness (QED) is 0.330. The Morgan fingerprint density at radius 1 is 1.24 bits per heavy atom. The van der Waals surface area contributed by atoms with Gasteiger partial charge in [-0.05, 0) is 50.6 Å². The number of halogens is 2. The van der Waals surface area contributed by atoms with Crippen LogP contribution in [0.5, 0.6) is 0 Å². The van der Waals surface area contributed by atoms with Gasteiger partial charge in [-0.25, -0.2) is 4.39 Å². The van der Waals surface area contributed by atoms with E-state index in [0.29, 0.717) is 6.42 Å². The second-order valence-corrected chi connectivity index (χ2v) is 6.83. The molecule has 0 spiro atoms. The molecule has 0 aliphatic rings. The molecule has 0 atom stereocenters. The zero-order valence-electron chi connectivity index (χ0n) is 15.4. The number of hydrogen-bond acceptors (Lipinski definition) is 3. The van der Waals surface area contributed by atoms with Crippen LogP contribution in [-0.4, -0.2) is 64.9 Å². The van der Waals surface area contributed by atoms with E-state index in [-0.39, 0.29) is 5.82 Å². The van der Waals surface area contributed by atoms with Gasteiger partial charge in [-0.15, -0.1) is 0 Å². The van der Waals surface area contributed by atoms with Gasteiger partial charge in [0.05, 0.1) is 6.61 Å². The summed E-state index contributed by atoms with van der Waals surface area (Å²) >= 11 is 3.27. The molecule has 142 valence electrons. The van der Waals surface area contributed by atoms with Crippen LogP contribution in [0.2, 0.25) is 0 Å². The van der Waals surface area contributed by atoms with Crippen molar-refractivity contribution in [3.05, 3.63) is 34.1 Å². The van der Waals surface area contributed by atoms with Crippen LogP contribution in [0.4, 0.5) is 4.39 Å². The number of guanidine groups is 1. The molecule has 25 heavy (non-hydrogen) atoms. The minimum atomic E-state index is -0.158. The first-order valence-electron chi connectivity index (χ1n) is 8.62. The van der Waals surface area contributed by atoms with Crippen LogP contribution in [0.25, 0.3) is 0 Å². The molecule has 0 saturated heterocycles. The van der Waals surface area contributed by atoms with Gasteiger partial charge >= 0.3 is 0 Å². The van der Waals surface area contributed by atoms with E-state index >= 15 is 0 Å². The summed E-state index contributed by atoms with van der Waals surface area (Å²) in [7, 11) is 5.57. The molecule has 0 aliphatic heterocycles. The first-order chi connectivity index (χ1) is 12.1. The van der Waals surface area contributed by atoms with Crippen molar-refractivity contribution in [1.29, 1.82) is 0 Å². The average molecular weight is 417 g/mol. The second-order valence-electron chi connectivity index (χ2n) is 5.91. The first kappa shape index (κ1) is 21.9. The second kappa shape index (κ2) is 13.1. The van der Waals surface area contributed by atoms with Crippen molar-refractivity contribution in [3.8, 4) is 0 Å². The smallest absolute Gasteiger partial charge is 0.190 e. The number of benzene rings is 1. The highest BCUT2D eigenvalue weighted by Crippen LogP contribution is 2.16. The highest BCUT2D eigenvalue weighted by molar-refractivity contribution is 9.10. The van der Waals surface area contributed by atoms with Crippen LogP contribution >= 0.6 is 15.9 Å². The van der Waals surface area contributed by atoms with E-state index in [1.165, 1.54) is 6.07 Å². The van der Waals surface area contributed by atoms with Crippen LogP contribution in [0, 0.1) is 5.82 Å². The molecule has 0 aromatic heterocycles. The molecule has 0 radical (unpaired) electrons. The van der Waals surface area contributed by atoms with E-state index in [1.54, 1.807) is 14.2 Å². The van der Waals surface area contributed by atoms with Gasteiger partial charge in [-0.1, -0.05) is 22.0 Å². The van der Waals surface area contributed by atoms with E-state index in [2.05, 4.69) is 43.5 Å². The van der Waals surface area contributed by atoms with E-state index in [1.807, 2.05) is 12.1 Å². The molecule has 0 heterocycles. The fourth-order valence-electron chi connectivity index (χ4n) is 2.35. The summed E-state index contributed by atoms with van der Waals surface area (Å²) in [6, 6.07) is 5.20. The van der Waals surface area contributed by atoms with Gasteiger partial charge in [-0.2, -0.15) is 0 Å². The number of aliphatic imine (C=N–C) groups is 1. The van der Waals surface area contributed by atoms with Gasteiger partial charge in [0.15, 0.2) is 5.96 Å². The van der Waals surface area contributed by atoms with E-state index in [9.17, 15) is 4.39 Å². The van der Waals surface area contributed by atoms with Crippen molar-refractivity contribution < 1.29 is 9.13 Å². The molecule has 7 heteroatoms. The molecule has 2 N–H and O–H groups in total. The number of nitrogens with one attached hydrogen (secondary N) is 2. The molecule has 1 aromatic carbocycles. The SMILES string of the molecule is CN=C(NCCCc1ccc(Br)cc1F)NCCCN(C)CCOC. The normalized spacial score (nSPS) is 11.8. The molecule has 0 unspecified atom stereocenters. The predicted molar refractivity (Wildman–Crippen MR) is 106 cm³/mol. The van der Waals surface area contributed by atoms with Crippen LogP contribution in [0.3, 0.4) is 0 Å². The Morgan fingerprint density at radius 3 is 2.60 bits per heavy atom. The molecule has 1 rings (SSSR count). The van der Waals surface area contributed by atoms with Gasteiger partial charge in [0.2, 0.25) is 0 Å². The van der Waals surface area contributed by atoms with E-state index in [0.717, 1.165) is 61.6 Å². The number of methoxy groups -OCH3 is 1. The molecule has 0 bridgehead atoms. The Hall–Kier alpha value is -1.18. The van der Waals surface area contributed by atoms with Crippen molar-refractivity contribution in [2.24, 2.45) is 4.99 Å². The molecule has 0 saturated carbocycles. The highest BCUT2D eigenvalue weighted by atomic mass is 79.9. The molecule has 1 aromatic rings. The maximum Gasteiger partial charge on any atom is 0.190 e. The number of rotatable bonds is 11. The lowest BCUT2D eigenvalue weighted by atomic mass is 10.1. The van der Waals surface area contributed by atoms with Crippen LogP contribution in [0.15, 0.2) is 27.7 Å². The molecule has 0 amide bonds. The first-order valence-corrected chi connectivity index (χ1v) is 9.42. The third kappa shape index (κ3) is 9.77. The standard InChI is InChI=1S/C18H30BrFN4O/c1-21-18(23-10-5-11-24(2)12-13-25-3)22-9-4-6-15-7-8-16(19)14-17(15)20/h7-8,14H,4-6,9-13H2,1-3H3,(H2,21,22,23). The number of hydrogen-bond donors (Lipinski definition) is 2. The Labute approximate surface area is 159 Å². The summed E-state index contributed by atoms with van der Waals surface area (Å²) in [5.41, 5.74) is 0.743. The van der Waals surface area contributed by atoms with Crippen molar-refractivity contribution in [2.75, 3.05) is 54.0 Å². The van der Waals surface area contributed by atoms with Crippen molar-refractivity contribution in [1.82, 2.24) is 15.5 Å². The topological polar surface area (TPSA) is 48.9 Å². The van der Waals surface area contributed by atoms with Crippen LogP contribution < -0.4 is 10.6 Å². The summed E-state index contributed by atoms with van der Waals surface area (Å²) in [6.07, 6.45) is 2.58. The van der Waals surface area contributed by atoms with Crippen molar-refractivity contribution in [2.45, 2.75) is 19.3 Å². The van der Waals surface area contributed by atoms with Crippen molar-refractivity contribution >= 4 is 21.9 Å². The third-order valence-corrected chi connectivity index (χ3v) is 4.33. The lowest BCUT2D eigenvalue weighted by Gasteiger charge is -2.17. The number of aryl methyl sites for hydroxylation is 1. The Kier molecular flexibility index (Phi) is 11.4. The zero-order valence-corrected chi connectivity index (χ0v) is 17.0. The van der Waals surface area contributed by atoms with E-state index < -0.39 is 0 Å². The number of nitrogens with zero attached hydrogens (tertiary/aromatic N) is 2. The fraction of sp³-hybridized carbons (Fsp3) is 0.611. The third-order valence-electron chi connectivity index (χ3n) is 3.84. The van der Waals surface area contributed by atoms with Gasteiger partial charge < -0.3 is 20.3 Å². The van der Waals surface area contributed by atoms with Gasteiger partial charge in [-0.3, -0.25) is 4.99 Å². The lowest BCUT2D eigenvalue weighted by Crippen LogP contribution is -2.39. The van der Waals surface area contributed by atoms with Gasteiger partial charge in [0.25, 0.3) is 0 Å². The van der Waals surface area contributed by atoms with Crippen molar-refractivity contribution in [3.63, 3.8) is 0 Å². The average Bonchev–Trinajstić information content (AvgIpc) is 2.60. The zero-order chi connectivity index (χ0) is 18.5. The lowest BCUT2D eigenvalue weighted by molar-refractivity contribution is 0.161. The largest absolute Gasteiger partial charge is 0.383 e. The molecule has 0 aliphatic carbocycles. The summed E-state index contributed by atoms with van der Waals surface area (Å²) < 4.78 is 19.6. The minimum absolute atomic E-state index is 0.158. The monoisotopic (exact) mass is 416 g/mol. The molecule has 5 nitrogen and oxygen atoms in total. The Balaban J connectivity index is 2.15. The number of ether oxygens (including phenoxy) is 1. The molecular formula is C18H30BrFN4O. The summed E-state index contributed by atoms with van der Waals surface area (Å²) in [6.45, 7) is 4.32. The Bertz CT molecular complexity index is 528. The summed E-state index contributed by atoms with van der Waals surface area (Å²) in [5, 5.41) is 6.57. The van der Waals surface area contributed by atoms with E-state index in [4.69, 9.17) is 4.74 Å². The van der Waals surface area contributed by atoms with Gasteiger partial charge in [0.1, 0.15) is 5.82 Å². The summed E-state index contributed by atoms with van der Waals surface area (Å²) in [4.78, 5) is 6.45. The molecule has 0 fully saturated rings. The van der Waals surface area contributed by atoms with Crippen LogP contribution in [-0.2, 0) is 11.2 Å². The highest BCUT2D eigenvalue weighted by Gasteiger charge is 2.03.